The van der Waals surface area contributed by atoms with E-state index in [1.54, 1.807) is 0 Å². The molecular formula is C13H18N2. The highest BCUT2D eigenvalue weighted by Gasteiger charge is 2.07. The zero-order valence-corrected chi connectivity index (χ0v) is 9.32. The number of hydrogen-bond acceptors (Lipinski definition) is 2. The van der Waals surface area contributed by atoms with Gasteiger partial charge < -0.3 is 0 Å². The molecule has 2 nitrogen and oxygen atoms in total. The molecule has 0 aliphatic heterocycles. The summed E-state index contributed by atoms with van der Waals surface area (Å²) in [7, 11) is 2.02. The first-order valence-corrected chi connectivity index (χ1v) is 5.71. The van der Waals surface area contributed by atoms with Gasteiger partial charge in [-0.25, -0.2) is 0 Å². The van der Waals surface area contributed by atoms with Crippen molar-refractivity contribution >= 4 is 11.4 Å². The molecule has 2 heteroatoms. The quantitative estimate of drug-likeness (QED) is 0.671. The maximum absolute atomic E-state index is 4.66. The molecule has 1 aliphatic rings. The van der Waals surface area contributed by atoms with Crippen LogP contribution in [0.25, 0.3) is 0 Å². The highest BCUT2D eigenvalue weighted by Crippen LogP contribution is 2.17. The monoisotopic (exact) mass is 202 g/mol. The van der Waals surface area contributed by atoms with Gasteiger partial charge in [0, 0.05) is 12.8 Å². The Bertz CT molecular complexity index is 322. The van der Waals surface area contributed by atoms with Crippen molar-refractivity contribution in [1.82, 2.24) is 0 Å². The topological polar surface area (TPSA) is 15.6 Å². The molecule has 0 atom stereocenters. The second kappa shape index (κ2) is 4.96. The SMILES string of the molecule is CN(N=C1CCCCC1)c1ccccc1. The molecule has 0 N–H and O–H groups in total. The summed E-state index contributed by atoms with van der Waals surface area (Å²) in [5.74, 6) is 0. The Labute approximate surface area is 91.6 Å². The lowest BCUT2D eigenvalue weighted by Crippen LogP contribution is -2.15. The van der Waals surface area contributed by atoms with Gasteiger partial charge in [-0.2, -0.15) is 5.10 Å². The first kappa shape index (κ1) is 10.2. The molecule has 1 aromatic carbocycles. The second-order valence-electron chi connectivity index (χ2n) is 4.09. The largest absolute Gasteiger partial charge is 0.269 e. The van der Waals surface area contributed by atoms with Crippen LogP contribution in [0.3, 0.4) is 0 Å². The molecule has 0 saturated heterocycles. The van der Waals surface area contributed by atoms with E-state index in [0.29, 0.717) is 0 Å². The third-order valence-corrected chi connectivity index (χ3v) is 2.85. The molecule has 0 radical (unpaired) electrons. The number of rotatable bonds is 2. The molecule has 0 unspecified atom stereocenters. The fourth-order valence-electron chi connectivity index (χ4n) is 1.97. The van der Waals surface area contributed by atoms with Crippen molar-refractivity contribution in [3.05, 3.63) is 30.3 Å². The Morgan fingerprint density at radius 3 is 2.33 bits per heavy atom. The number of benzene rings is 1. The average molecular weight is 202 g/mol. The maximum Gasteiger partial charge on any atom is 0.0590 e. The number of anilines is 1. The molecule has 1 aliphatic carbocycles. The molecule has 80 valence electrons. The van der Waals surface area contributed by atoms with Gasteiger partial charge in [-0.15, -0.1) is 0 Å². The Balaban J connectivity index is 2.05. The van der Waals surface area contributed by atoms with Gasteiger partial charge in [0.15, 0.2) is 0 Å². The summed E-state index contributed by atoms with van der Waals surface area (Å²) in [5, 5.41) is 6.64. The van der Waals surface area contributed by atoms with Crippen LogP contribution in [0.15, 0.2) is 35.4 Å². The Hall–Kier alpha value is -1.31. The summed E-state index contributed by atoms with van der Waals surface area (Å²) < 4.78 is 0. The number of hydrogen-bond donors (Lipinski definition) is 0. The van der Waals surface area contributed by atoms with Gasteiger partial charge in [-0.1, -0.05) is 24.6 Å². The lowest BCUT2D eigenvalue weighted by Gasteiger charge is -2.18. The molecule has 0 bridgehead atoms. The van der Waals surface area contributed by atoms with Crippen LogP contribution in [0.5, 0.6) is 0 Å². The standard InChI is InChI=1S/C13H18N2/c1-15(13-10-6-3-7-11-13)14-12-8-4-2-5-9-12/h3,6-7,10-11H,2,4-5,8-9H2,1H3. The summed E-state index contributed by atoms with van der Waals surface area (Å²) >= 11 is 0. The maximum atomic E-state index is 4.66. The van der Waals surface area contributed by atoms with Crippen LogP contribution in [-0.4, -0.2) is 12.8 Å². The van der Waals surface area contributed by atoms with Crippen molar-refractivity contribution in [2.24, 2.45) is 5.10 Å². The van der Waals surface area contributed by atoms with Crippen LogP contribution in [0.4, 0.5) is 5.69 Å². The van der Waals surface area contributed by atoms with Crippen molar-refractivity contribution in [2.75, 3.05) is 12.1 Å². The predicted molar refractivity (Wildman–Crippen MR) is 65.4 cm³/mol. The minimum absolute atomic E-state index is 1.16. The van der Waals surface area contributed by atoms with E-state index in [-0.39, 0.29) is 0 Å². The Morgan fingerprint density at radius 2 is 1.67 bits per heavy atom. The fourth-order valence-corrected chi connectivity index (χ4v) is 1.97. The first-order chi connectivity index (χ1) is 7.36. The van der Waals surface area contributed by atoms with Crippen molar-refractivity contribution in [2.45, 2.75) is 32.1 Å². The van der Waals surface area contributed by atoms with E-state index in [1.807, 2.05) is 30.3 Å². The van der Waals surface area contributed by atoms with E-state index in [9.17, 15) is 0 Å². The molecule has 1 aromatic rings. The van der Waals surface area contributed by atoms with Crippen molar-refractivity contribution in [1.29, 1.82) is 0 Å². The van der Waals surface area contributed by atoms with Crippen LogP contribution in [0, 0.1) is 0 Å². The average Bonchev–Trinajstić information content (AvgIpc) is 2.31. The normalized spacial score (nSPS) is 16.2. The van der Waals surface area contributed by atoms with Gasteiger partial charge in [-0.05, 0) is 37.8 Å². The van der Waals surface area contributed by atoms with Gasteiger partial charge in [0.05, 0.1) is 5.69 Å². The van der Waals surface area contributed by atoms with Gasteiger partial charge in [0.25, 0.3) is 0 Å². The molecule has 1 fully saturated rings. The van der Waals surface area contributed by atoms with Gasteiger partial charge in [-0.3, -0.25) is 5.01 Å². The van der Waals surface area contributed by atoms with E-state index in [4.69, 9.17) is 0 Å². The highest BCUT2D eigenvalue weighted by atomic mass is 15.4. The minimum Gasteiger partial charge on any atom is -0.269 e. The molecule has 15 heavy (non-hydrogen) atoms. The smallest absolute Gasteiger partial charge is 0.0590 e. The third kappa shape index (κ3) is 2.82. The minimum atomic E-state index is 1.16. The van der Waals surface area contributed by atoms with E-state index in [1.165, 1.54) is 37.8 Å². The zero-order chi connectivity index (χ0) is 10.5. The number of nitrogens with zero attached hydrogens (tertiary/aromatic N) is 2. The summed E-state index contributed by atoms with van der Waals surface area (Å²) in [6.45, 7) is 0. The van der Waals surface area contributed by atoms with Crippen LogP contribution in [-0.2, 0) is 0 Å². The van der Waals surface area contributed by atoms with E-state index >= 15 is 0 Å². The predicted octanol–water partition coefficient (Wildman–Crippen LogP) is 3.44. The first-order valence-electron chi connectivity index (χ1n) is 5.71. The van der Waals surface area contributed by atoms with Crippen molar-refractivity contribution in [3.8, 4) is 0 Å². The lowest BCUT2D eigenvalue weighted by atomic mass is 9.99. The third-order valence-electron chi connectivity index (χ3n) is 2.85. The van der Waals surface area contributed by atoms with Gasteiger partial charge in [0.1, 0.15) is 0 Å². The summed E-state index contributed by atoms with van der Waals surface area (Å²) in [6, 6.07) is 10.3. The summed E-state index contributed by atoms with van der Waals surface area (Å²) in [5.41, 5.74) is 2.52. The van der Waals surface area contributed by atoms with Crippen LogP contribution in [0.2, 0.25) is 0 Å². The fraction of sp³-hybridized carbons (Fsp3) is 0.462. The molecule has 0 heterocycles. The zero-order valence-electron chi connectivity index (χ0n) is 9.32. The molecule has 2 rings (SSSR count). The molecule has 0 aromatic heterocycles. The van der Waals surface area contributed by atoms with E-state index in [2.05, 4.69) is 17.2 Å². The summed E-state index contributed by atoms with van der Waals surface area (Å²) in [4.78, 5) is 0. The van der Waals surface area contributed by atoms with Crippen molar-refractivity contribution in [3.63, 3.8) is 0 Å². The van der Waals surface area contributed by atoms with Crippen LogP contribution >= 0.6 is 0 Å². The summed E-state index contributed by atoms with van der Waals surface area (Å²) in [6.07, 6.45) is 6.34. The van der Waals surface area contributed by atoms with Gasteiger partial charge in [0.2, 0.25) is 0 Å². The van der Waals surface area contributed by atoms with E-state index < -0.39 is 0 Å². The highest BCUT2D eigenvalue weighted by molar-refractivity contribution is 5.85. The second-order valence-corrected chi connectivity index (χ2v) is 4.09. The van der Waals surface area contributed by atoms with Crippen LogP contribution in [0.1, 0.15) is 32.1 Å². The van der Waals surface area contributed by atoms with Crippen LogP contribution < -0.4 is 5.01 Å². The molecular weight excluding hydrogens is 184 g/mol. The molecule has 1 saturated carbocycles. The molecule has 0 amide bonds. The van der Waals surface area contributed by atoms with Crippen molar-refractivity contribution < 1.29 is 0 Å². The lowest BCUT2D eigenvalue weighted by molar-refractivity contribution is 0.662. The number of para-hydroxylation sites is 1. The Morgan fingerprint density at radius 1 is 1.00 bits per heavy atom. The number of hydrazone groups is 1. The molecule has 0 spiro atoms. The van der Waals surface area contributed by atoms with E-state index in [0.717, 1.165) is 5.69 Å². The Kier molecular flexibility index (Phi) is 3.38. The van der Waals surface area contributed by atoms with Gasteiger partial charge >= 0.3 is 0 Å².